The Morgan fingerprint density at radius 2 is 0.948 bits per heavy atom. The highest BCUT2D eigenvalue weighted by atomic mass is 32.1. The van der Waals surface area contributed by atoms with Crippen molar-refractivity contribution in [1.82, 2.24) is 34.9 Å². The number of phenols is 1. The molecular formula is C69H63N17O7S4. The molecule has 24 nitrogen and oxygen atoms in total. The molecule has 0 unspecified atom stereocenters. The Kier molecular flexibility index (Phi) is 24.3. The first-order chi connectivity index (χ1) is 47.0. The molecule has 0 saturated heterocycles. The fourth-order valence-corrected chi connectivity index (χ4v) is 13.7. The molecule has 8 heterocycles. The quantitative estimate of drug-likeness (QED) is 0.0736. The number of hydrogen-bond acceptors (Lipinski definition) is 28. The van der Waals surface area contributed by atoms with Crippen molar-refractivity contribution in [2.75, 3.05) is 51.2 Å². The molecule has 0 atom stereocenters. The molecule has 0 aliphatic rings. The molecule has 0 fully saturated rings. The van der Waals surface area contributed by atoms with Crippen LogP contribution in [0.4, 0.5) is 57.4 Å². The molecule has 0 aliphatic heterocycles. The van der Waals surface area contributed by atoms with Crippen molar-refractivity contribution in [3.05, 3.63) is 190 Å². The number of carbonyl (C=O) groups excluding carboxylic acids is 4. The number of aromatic nitrogens is 7. The van der Waals surface area contributed by atoms with E-state index in [0.717, 1.165) is 75.1 Å². The summed E-state index contributed by atoms with van der Waals surface area (Å²) in [6.07, 6.45) is 17.1. The van der Waals surface area contributed by atoms with Crippen molar-refractivity contribution in [2.24, 2.45) is 40.9 Å². The molecule has 28 heteroatoms. The molecule has 1 N–H and O–H groups in total. The third-order valence-electron chi connectivity index (χ3n) is 13.9. The zero-order chi connectivity index (χ0) is 69.0. The van der Waals surface area contributed by atoms with Gasteiger partial charge in [-0.15, -0.1) is 86.3 Å². The number of fused-ring (bicyclic) bond motifs is 5. The number of aryl methyl sites for hydroxylation is 4. The number of thiophene rings is 4. The minimum Gasteiger partial charge on any atom is -0.507 e. The first-order valence-corrected chi connectivity index (χ1v) is 33.1. The molecule has 0 radical (unpaired) electrons. The zero-order valence-electron chi connectivity index (χ0n) is 54.3. The van der Waals surface area contributed by atoms with Gasteiger partial charge in [-0.2, -0.15) is 9.59 Å². The summed E-state index contributed by atoms with van der Waals surface area (Å²) in [4.78, 5) is 76.6. The van der Waals surface area contributed by atoms with Gasteiger partial charge in [0.25, 0.3) is 0 Å². The summed E-state index contributed by atoms with van der Waals surface area (Å²) in [5.41, 5.74) is 7.57. The van der Waals surface area contributed by atoms with Crippen molar-refractivity contribution in [3.8, 4) is 5.75 Å². The summed E-state index contributed by atoms with van der Waals surface area (Å²) in [7, 11) is 7.85. The summed E-state index contributed by atoms with van der Waals surface area (Å²) in [6.45, 7) is 12.7. The Hall–Kier alpha value is -11.3. The second-order valence-corrected chi connectivity index (χ2v) is 25.5. The smallest absolute Gasteiger partial charge is 0.373 e. The average Bonchev–Trinajstić information content (AvgIpc) is 1.69. The Bertz CT molecular complexity index is 5050. The summed E-state index contributed by atoms with van der Waals surface area (Å²) in [5, 5.41) is 50.0. The summed E-state index contributed by atoms with van der Waals surface area (Å²) in [5.74, 6) is 1.59. The van der Waals surface area contributed by atoms with E-state index in [1.807, 2.05) is 118 Å². The van der Waals surface area contributed by atoms with Gasteiger partial charge in [0.15, 0.2) is 23.3 Å². The molecule has 0 bridgehead atoms. The van der Waals surface area contributed by atoms with Crippen LogP contribution < -0.4 is 9.80 Å². The van der Waals surface area contributed by atoms with Gasteiger partial charge in [-0.25, -0.2) is 29.5 Å². The summed E-state index contributed by atoms with van der Waals surface area (Å²) in [6, 6.07) is 31.0. The van der Waals surface area contributed by atoms with Crippen LogP contribution >= 0.6 is 45.3 Å². The van der Waals surface area contributed by atoms with Crippen LogP contribution in [0.2, 0.25) is 0 Å². The Morgan fingerprint density at radius 1 is 0.485 bits per heavy atom. The number of anilines is 2. The van der Waals surface area contributed by atoms with E-state index in [0.29, 0.717) is 57.6 Å². The standard InChI is InChI=1S/C22H20N4O2S.C17H17N5O2S.C16H16N4S.C13H10N4OS.CO2/c1-4-28-22(27)19-13-16-18(26(2)3)10-9-17(20(16)29-19)24-25-21-15-8-6-5-7-14(15)11-12-23-21;1-4-24-17(23)14-9-11-13(22(2)3)6-5-12(16(11)25-14)20-21-15-10-18-7-8-19-15;1-4-12-7-10(2)13-8-11(3)21-16(13)15(12)20-19-14-9-17-5-6-18-14;1-8-6-9-11(18)3-2-10(13(9)19-8)16-17-12-7-14-4-5-15-12;2-1-3/h5-13H,4H2,1-3H3;5-10H,4H2,1-3H3;5-9H,4H2,1-3H3;2-7,18H,1H3;. The monoisotopic (exact) mass is 1370 g/mol. The lowest BCUT2D eigenvalue weighted by Crippen LogP contribution is -2.08. The number of azo groups is 4. The fourth-order valence-electron chi connectivity index (χ4n) is 9.57. The van der Waals surface area contributed by atoms with Crippen molar-refractivity contribution in [3.63, 3.8) is 0 Å². The van der Waals surface area contributed by atoms with Gasteiger partial charge in [0.2, 0.25) is 0 Å². The van der Waals surface area contributed by atoms with Crippen molar-refractivity contribution in [1.29, 1.82) is 0 Å². The van der Waals surface area contributed by atoms with Gasteiger partial charge in [0.1, 0.15) is 38.3 Å². The van der Waals surface area contributed by atoms with Crippen molar-refractivity contribution in [2.45, 2.75) is 48.0 Å². The second-order valence-electron chi connectivity index (χ2n) is 20.9. The van der Waals surface area contributed by atoms with Crippen molar-refractivity contribution < 1.29 is 33.8 Å². The average molecular weight is 1370 g/mol. The third kappa shape index (κ3) is 17.7. The van der Waals surface area contributed by atoms with Gasteiger partial charge in [0.05, 0.1) is 50.6 Å². The number of rotatable bonds is 15. The maximum absolute atomic E-state index is 12.2. The van der Waals surface area contributed by atoms with Crippen LogP contribution in [-0.4, -0.2) is 99.5 Å². The molecule has 8 aromatic heterocycles. The molecule has 0 amide bonds. The largest absolute Gasteiger partial charge is 0.507 e. The number of aromatic hydroxyl groups is 1. The van der Waals surface area contributed by atoms with E-state index in [4.69, 9.17) is 19.1 Å². The highest BCUT2D eigenvalue weighted by molar-refractivity contribution is 7.22. The number of ether oxygens (including phenoxy) is 2. The summed E-state index contributed by atoms with van der Waals surface area (Å²) < 4.78 is 14.2. The lowest BCUT2D eigenvalue weighted by atomic mass is 10.0. The number of pyridine rings is 1. The van der Waals surface area contributed by atoms with E-state index in [-0.39, 0.29) is 23.8 Å². The topological polar surface area (TPSA) is 303 Å². The predicted molar refractivity (Wildman–Crippen MR) is 383 cm³/mol. The van der Waals surface area contributed by atoms with Crippen LogP contribution in [0.1, 0.15) is 61.0 Å². The van der Waals surface area contributed by atoms with Crippen LogP contribution in [0.3, 0.4) is 0 Å². The molecule has 490 valence electrons. The van der Waals surface area contributed by atoms with Gasteiger partial charge in [-0.1, -0.05) is 37.3 Å². The lowest BCUT2D eigenvalue weighted by Gasteiger charge is -2.14. The molecule has 0 spiro atoms. The first-order valence-electron chi connectivity index (χ1n) is 29.9. The minimum atomic E-state index is -0.328. The third-order valence-corrected chi connectivity index (χ3v) is 18.3. The molecule has 0 aliphatic carbocycles. The lowest BCUT2D eigenvalue weighted by molar-refractivity contribution is -0.191. The number of phenolic OH excluding ortho intramolecular Hbond substituents is 1. The van der Waals surface area contributed by atoms with Crippen LogP contribution in [0, 0.1) is 20.8 Å². The molecule has 0 saturated carbocycles. The van der Waals surface area contributed by atoms with Crippen LogP contribution in [0.5, 0.6) is 5.75 Å². The molecule has 97 heavy (non-hydrogen) atoms. The van der Waals surface area contributed by atoms with E-state index in [2.05, 4.69) is 109 Å². The van der Waals surface area contributed by atoms with E-state index in [9.17, 15) is 14.7 Å². The normalized spacial score (nSPS) is 11.1. The highest BCUT2D eigenvalue weighted by Crippen LogP contribution is 2.44. The first kappa shape index (κ1) is 70.0. The Balaban J connectivity index is 0.000000151. The van der Waals surface area contributed by atoms with Gasteiger partial charge in [0, 0.05) is 114 Å². The number of esters is 2. The van der Waals surface area contributed by atoms with Gasteiger partial charge in [-0.3, -0.25) is 15.0 Å². The Labute approximate surface area is 572 Å². The number of carbonyl (C=O) groups is 2. The number of hydrogen-bond donors (Lipinski definition) is 1. The zero-order valence-corrected chi connectivity index (χ0v) is 57.5. The fraction of sp³-hybridized carbons (Fsp3) is 0.188. The summed E-state index contributed by atoms with van der Waals surface area (Å²) >= 11 is 6.06. The molecule has 13 aromatic rings. The van der Waals surface area contributed by atoms with Gasteiger partial charge in [-0.05, 0) is 130 Å². The van der Waals surface area contributed by atoms with Crippen LogP contribution in [0.15, 0.2) is 200 Å². The minimum absolute atomic E-state index is 0.250. The van der Waals surface area contributed by atoms with Crippen LogP contribution in [0.25, 0.3) is 51.1 Å². The molecule has 13 rings (SSSR count). The maximum Gasteiger partial charge on any atom is 0.373 e. The van der Waals surface area contributed by atoms with Crippen molar-refractivity contribution >= 4 is 172 Å². The molecule has 5 aromatic carbocycles. The van der Waals surface area contributed by atoms with E-state index >= 15 is 0 Å². The maximum atomic E-state index is 12.2. The van der Waals surface area contributed by atoms with E-state index < -0.39 is 0 Å². The Morgan fingerprint density at radius 3 is 1.43 bits per heavy atom. The van der Waals surface area contributed by atoms with Crippen LogP contribution in [-0.2, 0) is 25.5 Å². The van der Waals surface area contributed by atoms with E-state index in [1.165, 1.54) is 55.0 Å². The van der Waals surface area contributed by atoms with Gasteiger partial charge < -0.3 is 24.4 Å². The van der Waals surface area contributed by atoms with E-state index in [1.54, 1.807) is 104 Å². The highest BCUT2D eigenvalue weighted by Gasteiger charge is 2.20. The number of nitrogens with zero attached hydrogens (tertiary/aromatic N) is 17. The SMILES string of the molecule is CCOC(=O)c1cc2c(N(C)C)ccc(N=Nc3cnccn3)c2s1.CCOC(=O)c1cc2c(N(C)C)ccc(N=Nc3nccc4ccccc34)c2s1.CCc1cc(C)c2cc(C)sc2c1N=Nc1cnccn1.Cc1cc2c(O)ccc(N=Nc3cnccn3)c2s1.O=C=O. The predicted octanol–water partition coefficient (Wildman–Crippen LogP) is 19.3. The molecular weight excluding hydrogens is 1310 g/mol. The second kappa shape index (κ2) is 33.7. The van der Waals surface area contributed by atoms with Gasteiger partial charge >= 0.3 is 18.1 Å². The number of benzene rings is 5.